The van der Waals surface area contributed by atoms with Gasteiger partial charge in [-0.3, -0.25) is 0 Å². The van der Waals surface area contributed by atoms with Crippen molar-refractivity contribution in [3.8, 4) is 0 Å². The third-order valence-electron chi connectivity index (χ3n) is 3.19. The number of likely N-dealkylation sites (N-methyl/N-ethyl adjacent to an activating group) is 1. The van der Waals surface area contributed by atoms with E-state index >= 15 is 0 Å². The van der Waals surface area contributed by atoms with Crippen molar-refractivity contribution in [3.05, 3.63) is 0 Å². The average molecular weight is 217 g/mol. The molecule has 0 aliphatic carbocycles. The zero-order chi connectivity index (χ0) is 12.1. The number of rotatable bonds is 7. The van der Waals surface area contributed by atoms with Gasteiger partial charge in [0.15, 0.2) is 0 Å². The second kappa shape index (κ2) is 6.46. The van der Waals surface area contributed by atoms with E-state index < -0.39 is 11.7 Å². The van der Waals surface area contributed by atoms with Crippen LogP contribution in [0.3, 0.4) is 0 Å². The van der Waals surface area contributed by atoms with Crippen molar-refractivity contribution in [3.63, 3.8) is 0 Å². The van der Waals surface area contributed by atoms with Gasteiger partial charge in [0, 0.05) is 13.0 Å². The Morgan fingerprint density at radius 3 is 1.93 bits per heavy atom. The molecule has 0 saturated heterocycles. The van der Waals surface area contributed by atoms with Crippen LogP contribution in [0.2, 0.25) is 0 Å². The molecule has 0 amide bonds. The number of aliphatic hydroxyl groups is 2. The zero-order valence-corrected chi connectivity index (χ0v) is 10.7. The van der Waals surface area contributed by atoms with E-state index in [9.17, 15) is 10.2 Å². The first-order valence-corrected chi connectivity index (χ1v) is 5.95. The lowest BCUT2D eigenvalue weighted by atomic mass is 9.76. The van der Waals surface area contributed by atoms with Crippen LogP contribution in [0.1, 0.15) is 41.0 Å². The van der Waals surface area contributed by atoms with Crippen molar-refractivity contribution >= 4 is 0 Å². The van der Waals surface area contributed by atoms with Crippen LogP contribution in [-0.2, 0) is 0 Å². The topological polar surface area (TPSA) is 52.5 Å². The van der Waals surface area contributed by atoms with Crippen LogP contribution in [-0.4, -0.2) is 35.0 Å². The van der Waals surface area contributed by atoms with E-state index in [-0.39, 0.29) is 11.8 Å². The highest BCUT2D eigenvalue weighted by molar-refractivity contribution is 4.87. The summed E-state index contributed by atoms with van der Waals surface area (Å²) in [5, 5.41) is 23.3. The zero-order valence-electron chi connectivity index (χ0n) is 10.7. The van der Waals surface area contributed by atoms with Crippen molar-refractivity contribution in [1.29, 1.82) is 0 Å². The van der Waals surface area contributed by atoms with E-state index in [0.29, 0.717) is 13.0 Å². The summed E-state index contributed by atoms with van der Waals surface area (Å²) in [6, 6.07) is 0. The fourth-order valence-electron chi connectivity index (χ4n) is 1.90. The molecule has 0 aromatic carbocycles. The van der Waals surface area contributed by atoms with E-state index in [1.165, 1.54) is 0 Å². The number of hydrogen-bond donors (Lipinski definition) is 3. The predicted octanol–water partition coefficient (Wildman–Crippen LogP) is 1.39. The van der Waals surface area contributed by atoms with Crippen molar-refractivity contribution < 1.29 is 10.2 Å². The molecule has 0 aliphatic heterocycles. The normalized spacial score (nSPS) is 15.0. The molecule has 0 aromatic heterocycles. The molecule has 0 saturated carbocycles. The molecular weight excluding hydrogens is 190 g/mol. The van der Waals surface area contributed by atoms with Gasteiger partial charge in [-0.1, -0.05) is 34.6 Å². The third kappa shape index (κ3) is 4.49. The fourth-order valence-corrected chi connectivity index (χ4v) is 1.90. The summed E-state index contributed by atoms with van der Waals surface area (Å²) in [6.45, 7) is 11.4. The van der Waals surface area contributed by atoms with Gasteiger partial charge in [-0.2, -0.15) is 0 Å². The van der Waals surface area contributed by atoms with E-state index in [4.69, 9.17) is 0 Å². The Hall–Kier alpha value is -0.120. The largest absolute Gasteiger partial charge is 0.392 e. The first kappa shape index (κ1) is 14.9. The van der Waals surface area contributed by atoms with E-state index in [2.05, 4.69) is 5.32 Å². The summed E-state index contributed by atoms with van der Waals surface area (Å²) in [7, 11) is 0. The summed E-state index contributed by atoms with van der Waals surface area (Å²) >= 11 is 0. The quantitative estimate of drug-likeness (QED) is 0.604. The highest BCUT2D eigenvalue weighted by atomic mass is 16.3. The maximum absolute atomic E-state index is 10.4. The molecule has 0 bridgehead atoms. The molecule has 0 unspecified atom stereocenters. The standard InChI is InChI=1S/C12H27NO2/c1-6-13-8-11(14)7-12(15,9(2)3)10(4)5/h9-11,13-15H,6-8H2,1-5H3/t11-/m0/s1. The van der Waals surface area contributed by atoms with Gasteiger partial charge in [-0.25, -0.2) is 0 Å². The molecule has 0 radical (unpaired) electrons. The first-order chi connectivity index (χ1) is 6.84. The van der Waals surface area contributed by atoms with Crippen LogP contribution >= 0.6 is 0 Å². The van der Waals surface area contributed by atoms with Crippen molar-refractivity contribution in [2.75, 3.05) is 13.1 Å². The van der Waals surface area contributed by atoms with Gasteiger partial charge in [-0.15, -0.1) is 0 Å². The minimum atomic E-state index is -0.769. The third-order valence-corrected chi connectivity index (χ3v) is 3.19. The molecule has 0 aromatic rings. The van der Waals surface area contributed by atoms with Gasteiger partial charge < -0.3 is 15.5 Å². The molecule has 92 valence electrons. The molecule has 0 aliphatic rings. The predicted molar refractivity (Wildman–Crippen MR) is 63.8 cm³/mol. The van der Waals surface area contributed by atoms with Crippen molar-refractivity contribution in [1.82, 2.24) is 5.32 Å². The summed E-state index contributed by atoms with van der Waals surface area (Å²) in [5.41, 5.74) is -0.769. The Bertz CT molecular complexity index is 161. The van der Waals surface area contributed by atoms with Crippen LogP contribution in [0.4, 0.5) is 0 Å². The minimum absolute atomic E-state index is 0.161. The SMILES string of the molecule is CCNC[C@@H](O)CC(O)(C(C)C)C(C)C. The van der Waals surface area contributed by atoms with Crippen LogP contribution in [0.5, 0.6) is 0 Å². The Balaban J connectivity index is 4.29. The van der Waals surface area contributed by atoms with Gasteiger partial charge in [-0.05, 0) is 18.4 Å². The Morgan fingerprint density at radius 2 is 1.60 bits per heavy atom. The van der Waals surface area contributed by atoms with Gasteiger partial charge in [0.1, 0.15) is 0 Å². The minimum Gasteiger partial charge on any atom is -0.392 e. The van der Waals surface area contributed by atoms with Crippen molar-refractivity contribution in [2.24, 2.45) is 11.8 Å². The molecule has 3 N–H and O–H groups in total. The second-order valence-electron chi connectivity index (χ2n) is 4.97. The van der Waals surface area contributed by atoms with Crippen LogP contribution in [0, 0.1) is 11.8 Å². The molecule has 15 heavy (non-hydrogen) atoms. The molecule has 0 heterocycles. The Morgan fingerprint density at radius 1 is 1.13 bits per heavy atom. The molecule has 1 atom stereocenters. The summed E-state index contributed by atoms with van der Waals surface area (Å²) in [5.74, 6) is 0.322. The van der Waals surface area contributed by atoms with E-state index in [1.807, 2.05) is 34.6 Å². The van der Waals surface area contributed by atoms with Gasteiger partial charge in [0.05, 0.1) is 11.7 Å². The lowest BCUT2D eigenvalue weighted by molar-refractivity contribution is -0.0795. The lowest BCUT2D eigenvalue weighted by Gasteiger charge is -2.37. The highest BCUT2D eigenvalue weighted by Gasteiger charge is 2.36. The molecule has 3 nitrogen and oxygen atoms in total. The van der Waals surface area contributed by atoms with Crippen LogP contribution in [0.15, 0.2) is 0 Å². The van der Waals surface area contributed by atoms with E-state index in [0.717, 1.165) is 6.54 Å². The summed E-state index contributed by atoms with van der Waals surface area (Å²) in [6.07, 6.45) is -0.0326. The summed E-state index contributed by atoms with van der Waals surface area (Å²) < 4.78 is 0. The average Bonchev–Trinajstić information content (AvgIpc) is 2.13. The number of hydrogen-bond acceptors (Lipinski definition) is 3. The lowest BCUT2D eigenvalue weighted by Crippen LogP contribution is -2.45. The Labute approximate surface area is 93.9 Å². The molecular formula is C12H27NO2. The van der Waals surface area contributed by atoms with Crippen LogP contribution < -0.4 is 5.32 Å². The van der Waals surface area contributed by atoms with Gasteiger partial charge >= 0.3 is 0 Å². The number of aliphatic hydroxyl groups excluding tert-OH is 1. The van der Waals surface area contributed by atoms with Gasteiger partial charge in [0.25, 0.3) is 0 Å². The fraction of sp³-hybridized carbons (Fsp3) is 1.00. The Kier molecular flexibility index (Phi) is 6.41. The second-order valence-corrected chi connectivity index (χ2v) is 4.97. The van der Waals surface area contributed by atoms with Gasteiger partial charge in [0.2, 0.25) is 0 Å². The van der Waals surface area contributed by atoms with Crippen molar-refractivity contribution in [2.45, 2.75) is 52.7 Å². The smallest absolute Gasteiger partial charge is 0.0718 e. The highest BCUT2D eigenvalue weighted by Crippen LogP contribution is 2.30. The molecule has 0 fully saturated rings. The molecule has 0 spiro atoms. The maximum Gasteiger partial charge on any atom is 0.0718 e. The summed E-state index contributed by atoms with van der Waals surface area (Å²) in [4.78, 5) is 0. The maximum atomic E-state index is 10.4. The first-order valence-electron chi connectivity index (χ1n) is 5.95. The monoisotopic (exact) mass is 217 g/mol. The number of nitrogens with one attached hydrogen (secondary N) is 1. The molecule has 3 heteroatoms. The molecule has 0 rings (SSSR count). The van der Waals surface area contributed by atoms with Crippen LogP contribution in [0.25, 0.3) is 0 Å². The van der Waals surface area contributed by atoms with E-state index in [1.54, 1.807) is 0 Å².